The number of benzene rings is 1. The van der Waals surface area contributed by atoms with Crippen molar-refractivity contribution in [2.45, 2.75) is 26.2 Å². The maximum atomic E-state index is 5.89. The van der Waals surface area contributed by atoms with Gasteiger partial charge in [0.15, 0.2) is 0 Å². The molecular formula is C17H26N2O2. The van der Waals surface area contributed by atoms with E-state index >= 15 is 0 Å². The number of rotatable bonds is 5. The molecule has 0 radical (unpaired) electrons. The van der Waals surface area contributed by atoms with Crippen molar-refractivity contribution in [3.8, 4) is 5.75 Å². The highest BCUT2D eigenvalue weighted by Gasteiger charge is 2.21. The van der Waals surface area contributed by atoms with Gasteiger partial charge in [-0.2, -0.15) is 0 Å². The van der Waals surface area contributed by atoms with Gasteiger partial charge in [0.05, 0.1) is 18.8 Å². The van der Waals surface area contributed by atoms with Gasteiger partial charge in [0.1, 0.15) is 12.4 Å². The summed E-state index contributed by atoms with van der Waals surface area (Å²) >= 11 is 0. The van der Waals surface area contributed by atoms with Gasteiger partial charge in [-0.3, -0.25) is 0 Å². The Kier molecular flexibility index (Phi) is 4.99. The summed E-state index contributed by atoms with van der Waals surface area (Å²) in [6.07, 6.45) is 3.30. The second kappa shape index (κ2) is 7.14. The zero-order chi connectivity index (χ0) is 14.5. The fraction of sp³-hybridized carbons (Fsp3) is 0.647. The molecular weight excluding hydrogens is 264 g/mol. The molecule has 21 heavy (non-hydrogen) atoms. The lowest BCUT2D eigenvalue weighted by atomic mass is 10.0. The van der Waals surface area contributed by atoms with Crippen LogP contribution in [0, 0.1) is 0 Å². The summed E-state index contributed by atoms with van der Waals surface area (Å²) in [6.45, 7) is 8.63. The Morgan fingerprint density at radius 1 is 1.19 bits per heavy atom. The summed E-state index contributed by atoms with van der Waals surface area (Å²) in [5, 5.41) is 3.47. The zero-order valence-corrected chi connectivity index (χ0v) is 13.0. The third-order valence-electron chi connectivity index (χ3n) is 4.24. The summed E-state index contributed by atoms with van der Waals surface area (Å²) < 4.78 is 11.5. The maximum Gasteiger partial charge on any atom is 0.142 e. The number of hydrogen-bond donors (Lipinski definition) is 1. The van der Waals surface area contributed by atoms with Gasteiger partial charge in [-0.05, 0) is 55.6 Å². The average Bonchev–Trinajstić information content (AvgIpc) is 2.74. The van der Waals surface area contributed by atoms with E-state index in [0.29, 0.717) is 0 Å². The van der Waals surface area contributed by atoms with E-state index in [4.69, 9.17) is 9.47 Å². The van der Waals surface area contributed by atoms with E-state index in [0.717, 1.165) is 71.0 Å². The van der Waals surface area contributed by atoms with E-state index in [-0.39, 0.29) is 0 Å². The van der Waals surface area contributed by atoms with Crippen LogP contribution >= 0.6 is 0 Å². The Labute approximate surface area is 127 Å². The van der Waals surface area contributed by atoms with Crippen molar-refractivity contribution in [2.75, 3.05) is 50.9 Å². The molecule has 3 rings (SSSR count). The van der Waals surface area contributed by atoms with Crippen molar-refractivity contribution in [1.29, 1.82) is 0 Å². The first kappa shape index (κ1) is 14.7. The SMILES string of the molecule is CCCOCCN1CCOc2cc3c(cc21)CCNCC3. The standard InChI is InChI=1S/C17H26N2O2/c1-2-9-20-10-7-19-8-11-21-17-13-15-4-6-18-5-3-14(15)12-16(17)19/h12-13,18H,2-11H2,1H3. The lowest BCUT2D eigenvalue weighted by molar-refractivity contribution is 0.139. The van der Waals surface area contributed by atoms with Crippen molar-refractivity contribution in [2.24, 2.45) is 0 Å². The first-order chi connectivity index (χ1) is 10.4. The molecule has 0 aliphatic carbocycles. The van der Waals surface area contributed by atoms with Crippen molar-refractivity contribution in [3.63, 3.8) is 0 Å². The molecule has 0 fully saturated rings. The van der Waals surface area contributed by atoms with Crippen molar-refractivity contribution >= 4 is 5.69 Å². The lowest BCUT2D eigenvalue weighted by Crippen LogP contribution is -2.35. The highest BCUT2D eigenvalue weighted by atomic mass is 16.5. The van der Waals surface area contributed by atoms with Crippen LogP contribution in [0.5, 0.6) is 5.75 Å². The van der Waals surface area contributed by atoms with Crippen molar-refractivity contribution in [1.82, 2.24) is 5.32 Å². The van der Waals surface area contributed by atoms with Gasteiger partial charge in [-0.25, -0.2) is 0 Å². The molecule has 0 atom stereocenters. The molecule has 2 aliphatic rings. The predicted molar refractivity (Wildman–Crippen MR) is 85.5 cm³/mol. The lowest BCUT2D eigenvalue weighted by Gasteiger charge is -2.32. The smallest absolute Gasteiger partial charge is 0.142 e. The molecule has 0 bridgehead atoms. The van der Waals surface area contributed by atoms with Gasteiger partial charge in [0.25, 0.3) is 0 Å². The normalized spacial score (nSPS) is 17.7. The highest BCUT2D eigenvalue weighted by molar-refractivity contribution is 5.63. The zero-order valence-electron chi connectivity index (χ0n) is 13.0. The molecule has 1 aromatic rings. The molecule has 1 aromatic carbocycles. The van der Waals surface area contributed by atoms with Crippen LogP contribution in [0.2, 0.25) is 0 Å². The Morgan fingerprint density at radius 2 is 2.00 bits per heavy atom. The first-order valence-corrected chi connectivity index (χ1v) is 8.20. The second-order valence-corrected chi connectivity index (χ2v) is 5.79. The molecule has 4 heteroatoms. The maximum absolute atomic E-state index is 5.89. The highest BCUT2D eigenvalue weighted by Crippen LogP contribution is 2.35. The minimum atomic E-state index is 0.776. The summed E-state index contributed by atoms with van der Waals surface area (Å²) in [7, 11) is 0. The van der Waals surface area contributed by atoms with Crippen LogP contribution in [0.1, 0.15) is 24.5 Å². The summed E-state index contributed by atoms with van der Waals surface area (Å²) in [5.74, 6) is 1.05. The van der Waals surface area contributed by atoms with Gasteiger partial charge in [-0.1, -0.05) is 6.92 Å². The third kappa shape index (κ3) is 3.50. The van der Waals surface area contributed by atoms with Gasteiger partial charge in [0, 0.05) is 13.2 Å². The number of ether oxygens (including phenoxy) is 2. The van der Waals surface area contributed by atoms with E-state index in [1.165, 1.54) is 16.8 Å². The van der Waals surface area contributed by atoms with Gasteiger partial charge in [0.2, 0.25) is 0 Å². The predicted octanol–water partition coefficient (Wildman–Crippen LogP) is 2.00. The van der Waals surface area contributed by atoms with Crippen LogP contribution in [0.3, 0.4) is 0 Å². The molecule has 0 saturated carbocycles. The fourth-order valence-electron chi connectivity index (χ4n) is 3.09. The van der Waals surface area contributed by atoms with Crippen LogP contribution in [0.25, 0.3) is 0 Å². The summed E-state index contributed by atoms with van der Waals surface area (Å²) in [5.41, 5.74) is 4.17. The van der Waals surface area contributed by atoms with Crippen molar-refractivity contribution in [3.05, 3.63) is 23.3 Å². The van der Waals surface area contributed by atoms with Crippen LogP contribution in [-0.4, -0.2) is 46.0 Å². The molecule has 116 valence electrons. The number of nitrogens with zero attached hydrogens (tertiary/aromatic N) is 1. The van der Waals surface area contributed by atoms with Gasteiger partial charge in [-0.15, -0.1) is 0 Å². The second-order valence-electron chi connectivity index (χ2n) is 5.79. The molecule has 0 amide bonds. The van der Waals surface area contributed by atoms with E-state index in [1.807, 2.05) is 0 Å². The monoisotopic (exact) mass is 290 g/mol. The van der Waals surface area contributed by atoms with Crippen LogP contribution in [0.15, 0.2) is 12.1 Å². The van der Waals surface area contributed by atoms with Crippen molar-refractivity contribution < 1.29 is 9.47 Å². The Hall–Kier alpha value is -1.26. The topological polar surface area (TPSA) is 33.7 Å². The average molecular weight is 290 g/mol. The van der Waals surface area contributed by atoms with E-state index in [2.05, 4.69) is 29.3 Å². The first-order valence-electron chi connectivity index (χ1n) is 8.20. The summed E-state index contributed by atoms with van der Waals surface area (Å²) in [6, 6.07) is 4.60. The minimum Gasteiger partial charge on any atom is -0.490 e. The van der Waals surface area contributed by atoms with E-state index < -0.39 is 0 Å². The van der Waals surface area contributed by atoms with E-state index in [9.17, 15) is 0 Å². The fourth-order valence-corrected chi connectivity index (χ4v) is 3.09. The van der Waals surface area contributed by atoms with Gasteiger partial charge >= 0.3 is 0 Å². The third-order valence-corrected chi connectivity index (χ3v) is 4.24. The van der Waals surface area contributed by atoms with E-state index in [1.54, 1.807) is 0 Å². The number of anilines is 1. The molecule has 4 nitrogen and oxygen atoms in total. The number of nitrogens with one attached hydrogen (secondary N) is 1. The van der Waals surface area contributed by atoms with Crippen LogP contribution < -0.4 is 15.0 Å². The molecule has 2 heterocycles. The van der Waals surface area contributed by atoms with Crippen LogP contribution in [0.4, 0.5) is 5.69 Å². The molecule has 0 spiro atoms. The summed E-state index contributed by atoms with van der Waals surface area (Å²) in [4.78, 5) is 2.41. The largest absolute Gasteiger partial charge is 0.490 e. The Bertz CT molecular complexity index is 476. The molecule has 2 aliphatic heterocycles. The molecule has 0 unspecified atom stereocenters. The Morgan fingerprint density at radius 3 is 2.81 bits per heavy atom. The molecule has 0 saturated heterocycles. The van der Waals surface area contributed by atoms with Crippen LogP contribution in [-0.2, 0) is 17.6 Å². The number of fused-ring (bicyclic) bond motifs is 2. The quantitative estimate of drug-likeness (QED) is 0.841. The number of hydrogen-bond acceptors (Lipinski definition) is 4. The minimum absolute atomic E-state index is 0.776. The Balaban J connectivity index is 1.75. The molecule has 1 N–H and O–H groups in total. The van der Waals surface area contributed by atoms with Gasteiger partial charge < -0.3 is 19.7 Å². The molecule has 0 aromatic heterocycles.